The van der Waals surface area contributed by atoms with Gasteiger partial charge in [0.2, 0.25) is 0 Å². The first-order chi connectivity index (χ1) is 22.1. The summed E-state index contributed by atoms with van der Waals surface area (Å²) in [7, 11) is 0. The summed E-state index contributed by atoms with van der Waals surface area (Å²) in [6.45, 7) is 8.74. The smallest absolute Gasteiger partial charge is 0.337 e. The first-order valence-corrected chi connectivity index (χ1v) is 16.5. The minimum Gasteiger partial charge on any atom is -0.456 e. The van der Waals surface area contributed by atoms with Crippen molar-refractivity contribution in [2.75, 3.05) is 6.61 Å². The van der Waals surface area contributed by atoms with Crippen LogP contribution in [-0.4, -0.2) is 85.6 Å². The van der Waals surface area contributed by atoms with Crippen LogP contribution in [0.5, 0.6) is 0 Å². The Kier molecular flexibility index (Phi) is 13.1. The topological polar surface area (TPSA) is 166 Å². The van der Waals surface area contributed by atoms with Crippen LogP contribution in [0.1, 0.15) is 64.6 Å². The second-order valence-electron chi connectivity index (χ2n) is 14.8. The maximum Gasteiger partial charge on any atom is 0.337 e. The Balaban J connectivity index is 0.00000270. The molecule has 0 aromatic heterocycles. The molecule has 2 saturated carbocycles. The molecular weight excluding hydrogens is 1060 g/mol. The zero-order valence-electron chi connectivity index (χ0n) is 28.7. The van der Waals surface area contributed by atoms with Gasteiger partial charge in [-0.05, 0) is 42.0 Å². The molecule has 6 N–H and O–H groups in total. The Labute approximate surface area is 359 Å². The average molecular weight is 1100 g/mol. The SMILES string of the molecule is CC1=C2C(O)C(=O)C3(C)C(O)CC4OCC4(O)C3C(C)C(O)(CC1OC(=O)C(O)C(NCc1ccccc1)c1ccccc1)C2(C)C.[Ac].[Ac]. The van der Waals surface area contributed by atoms with E-state index in [1.165, 1.54) is 0 Å². The molecule has 260 valence electrons. The second-order valence-corrected chi connectivity index (χ2v) is 14.8. The van der Waals surface area contributed by atoms with Crippen LogP contribution in [0.2, 0.25) is 0 Å². The van der Waals surface area contributed by atoms with Gasteiger partial charge in [0.25, 0.3) is 0 Å². The third-order valence-corrected chi connectivity index (χ3v) is 12.2. The van der Waals surface area contributed by atoms with Crippen molar-refractivity contribution in [3.63, 3.8) is 0 Å². The van der Waals surface area contributed by atoms with Crippen LogP contribution in [0.4, 0.5) is 0 Å². The van der Waals surface area contributed by atoms with E-state index in [2.05, 4.69) is 5.32 Å². The van der Waals surface area contributed by atoms with Crippen molar-refractivity contribution in [2.45, 2.75) is 102 Å². The fourth-order valence-corrected chi connectivity index (χ4v) is 9.35. The number of carbonyl (C=O) groups is 2. The molecule has 2 aromatic carbocycles. The van der Waals surface area contributed by atoms with Gasteiger partial charge in [-0.2, -0.15) is 0 Å². The Morgan fingerprint density at radius 3 is 2.18 bits per heavy atom. The number of esters is 1. The predicted molar refractivity (Wildman–Crippen MR) is 171 cm³/mol. The minimum atomic E-state index is -1.75. The summed E-state index contributed by atoms with van der Waals surface area (Å²) in [6, 6.07) is 17.8. The van der Waals surface area contributed by atoms with Gasteiger partial charge in [0.15, 0.2) is 11.9 Å². The molecule has 2 bridgehead atoms. The molecule has 49 heavy (non-hydrogen) atoms. The molecular formula is C37H47Ac2NO9. The van der Waals surface area contributed by atoms with Crippen molar-refractivity contribution in [2.24, 2.45) is 22.7 Å². The summed E-state index contributed by atoms with van der Waals surface area (Å²) in [6.07, 6.45) is -6.53. The molecule has 4 aliphatic rings. The number of hydrogen-bond acceptors (Lipinski definition) is 10. The summed E-state index contributed by atoms with van der Waals surface area (Å²) in [5, 5.41) is 62.6. The number of ketones is 1. The van der Waals surface area contributed by atoms with Gasteiger partial charge in [-0.1, -0.05) is 81.4 Å². The molecule has 3 fully saturated rings. The van der Waals surface area contributed by atoms with Crippen LogP contribution in [-0.2, 0) is 25.6 Å². The van der Waals surface area contributed by atoms with Gasteiger partial charge < -0.3 is 40.3 Å². The van der Waals surface area contributed by atoms with E-state index in [1.807, 2.05) is 48.5 Å². The van der Waals surface area contributed by atoms with Crippen LogP contribution in [0.15, 0.2) is 71.8 Å². The van der Waals surface area contributed by atoms with Crippen molar-refractivity contribution >= 4 is 11.8 Å². The van der Waals surface area contributed by atoms with Crippen molar-refractivity contribution in [3.8, 4) is 0 Å². The standard InChI is InChI=1S/C37H47NO9.2Ac/c1-20-24(47-33(43)30(41)28(23-14-10-7-11-15-23)38-18-22-12-8-6-9-13-22)17-37(45)21(2)31-35(5,25(39)16-26-36(31,44)19-46-26)32(42)29(40)27(20)34(37,3)4;;/h6-15,21,24-26,28-31,38-41,44-45H,16-19H2,1-5H3;;. The van der Waals surface area contributed by atoms with E-state index >= 15 is 0 Å². The number of aliphatic hydroxyl groups is 5. The molecule has 11 unspecified atom stereocenters. The summed E-state index contributed by atoms with van der Waals surface area (Å²) < 4.78 is 11.6. The van der Waals surface area contributed by atoms with Crippen molar-refractivity contribution in [1.82, 2.24) is 5.32 Å². The molecule has 2 aromatic rings. The number of carbonyl (C=O) groups excluding carboxylic acids is 2. The van der Waals surface area contributed by atoms with E-state index in [1.54, 1.807) is 46.8 Å². The fourth-order valence-electron chi connectivity index (χ4n) is 9.35. The first kappa shape index (κ1) is 41.7. The van der Waals surface area contributed by atoms with Crippen molar-refractivity contribution in [1.29, 1.82) is 0 Å². The zero-order valence-corrected chi connectivity index (χ0v) is 38.2. The van der Waals surface area contributed by atoms with Crippen molar-refractivity contribution in [3.05, 3.63) is 82.9 Å². The van der Waals surface area contributed by atoms with Crippen LogP contribution in [0.25, 0.3) is 0 Å². The quantitative estimate of drug-likeness (QED) is 0.179. The number of benzene rings is 2. The van der Waals surface area contributed by atoms with Crippen LogP contribution < -0.4 is 5.32 Å². The third-order valence-electron chi connectivity index (χ3n) is 12.2. The van der Waals surface area contributed by atoms with Gasteiger partial charge in [0.05, 0.1) is 35.9 Å². The van der Waals surface area contributed by atoms with Crippen molar-refractivity contribution < 1.29 is 133 Å². The first-order valence-electron chi connectivity index (χ1n) is 16.5. The van der Waals surface area contributed by atoms with Gasteiger partial charge in [-0.15, -0.1) is 0 Å². The number of ether oxygens (including phenoxy) is 2. The maximum atomic E-state index is 14.3. The Bertz CT molecular complexity index is 1560. The Morgan fingerprint density at radius 2 is 1.61 bits per heavy atom. The van der Waals surface area contributed by atoms with E-state index in [0.717, 1.165) is 5.56 Å². The Hall–Kier alpha value is -0.0769. The van der Waals surface area contributed by atoms with Gasteiger partial charge in [0, 0.05) is 119 Å². The predicted octanol–water partition coefficient (Wildman–Crippen LogP) is 2.36. The van der Waals surface area contributed by atoms with E-state index < -0.39 is 82.2 Å². The normalized spacial score (nSPS) is 37.4. The summed E-state index contributed by atoms with van der Waals surface area (Å²) in [5.41, 5.74) is -3.78. The molecule has 6 rings (SSSR count). The number of fused-ring (bicyclic) bond motifs is 5. The van der Waals surface area contributed by atoms with E-state index in [4.69, 9.17) is 9.47 Å². The fraction of sp³-hybridized carbons (Fsp3) is 0.568. The molecule has 10 nitrogen and oxygen atoms in total. The van der Waals surface area contributed by atoms with Crippen LogP contribution in [0.3, 0.4) is 0 Å². The largest absolute Gasteiger partial charge is 0.456 e. The van der Waals surface area contributed by atoms with Crippen LogP contribution >= 0.6 is 0 Å². The number of hydrogen-bond donors (Lipinski definition) is 6. The second kappa shape index (κ2) is 15.3. The third kappa shape index (κ3) is 6.69. The summed E-state index contributed by atoms with van der Waals surface area (Å²) in [4.78, 5) is 28.1. The molecule has 1 saturated heterocycles. The number of rotatable bonds is 7. The zero-order chi connectivity index (χ0) is 34.1. The average Bonchev–Trinajstić information content (AvgIpc) is 3.04. The number of nitrogens with one attached hydrogen (secondary N) is 1. The van der Waals surface area contributed by atoms with Crippen LogP contribution in [0, 0.1) is 111 Å². The van der Waals surface area contributed by atoms with Gasteiger partial charge in [0.1, 0.15) is 17.8 Å². The minimum absolute atomic E-state index is 0. The van der Waals surface area contributed by atoms with E-state index in [-0.39, 0.29) is 113 Å². The molecule has 3 aliphatic carbocycles. The number of Topliss-reactive ketones (excluding diaryl/α,β-unsaturated/α-hetero) is 1. The molecule has 12 heteroatoms. The molecule has 1 heterocycles. The number of aliphatic hydroxyl groups excluding tert-OH is 3. The van der Waals surface area contributed by atoms with E-state index in [0.29, 0.717) is 17.7 Å². The molecule has 1 aliphatic heterocycles. The molecule has 11 atom stereocenters. The molecule has 0 spiro atoms. The van der Waals surface area contributed by atoms with Gasteiger partial charge in [-0.25, -0.2) is 4.79 Å². The molecule has 2 radical (unpaired) electrons. The monoisotopic (exact) mass is 1100 g/mol. The summed E-state index contributed by atoms with van der Waals surface area (Å²) >= 11 is 0. The summed E-state index contributed by atoms with van der Waals surface area (Å²) in [5.74, 6) is -3.38. The van der Waals surface area contributed by atoms with Gasteiger partial charge >= 0.3 is 5.97 Å². The maximum absolute atomic E-state index is 14.3. The molecule has 0 amide bonds. The van der Waals surface area contributed by atoms with E-state index in [9.17, 15) is 35.1 Å². The Morgan fingerprint density at radius 1 is 1.02 bits per heavy atom. The van der Waals surface area contributed by atoms with Gasteiger partial charge in [-0.3, -0.25) is 4.79 Å².